The lowest BCUT2D eigenvalue weighted by Gasteiger charge is -2.16. The van der Waals surface area contributed by atoms with Gasteiger partial charge in [0.2, 0.25) is 0 Å². The summed E-state index contributed by atoms with van der Waals surface area (Å²) < 4.78 is 7.01. The molecule has 2 aromatic carbocycles. The Morgan fingerprint density at radius 2 is 2.00 bits per heavy atom. The lowest BCUT2D eigenvalue weighted by atomic mass is 9.97. The summed E-state index contributed by atoms with van der Waals surface area (Å²) in [5.41, 5.74) is 4.54. The summed E-state index contributed by atoms with van der Waals surface area (Å²) in [5.74, 6) is 0.982. The average molecular weight is 366 g/mol. The molecule has 1 nitrogen and oxygen atoms in total. The number of hydrogen-bond acceptors (Lipinski definition) is 1. The Bertz CT molecular complexity index is 694. The van der Waals surface area contributed by atoms with E-state index in [1.165, 1.54) is 11.1 Å². The first-order valence-corrected chi connectivity index (χ1v) is 8.31. The van der Waals surface area contributed by atoms with Crippen molar-refractivity contribution in [2.24, 2.45) is 0 Å². The molecular weight excluding hydrogens is 348 g/mol. The van der Waals surface area contributed by atoms with Gasteiger partial charge in [0.25, 0.3) is 0 Å². The van der Waals surface area contributed by atoms with E-state index in [0.29, 0.717) is 0 Å². The molecule has 1 unspecified atom stereocenters. The zero-order valence-electron chi connectivity index (χ0n) is 12.4. The van der Waals surface area contributed by atoms with Crippen LogP contribution in [0.5, 0.6) is 5.75 Å². The fourth-order valence-electron chi connectivity index (χ4n) is 2.83. The molecule has 1 heterocycles. The SMILES string of the molecule is Cc1cccc(C(Cl)c2ccc3c(c2)CC(C)(C)O3)c1Br. The third kappa shape index (κ3) is 2.84. The monoisotopic (exact) mass is 364 g/mol. The predicted octanol–water partition coefficient (Wildman–Crippen LogP) is 5.80. The number of fused-ring (bicyclic) bond motifs is 1. The van der Waals surface area contributed by atoms with Crippen molar-refractivity contribution in [3.63, 3.8) is 0 Å². The summed E-state index contributed by atoms with van der Waals surface area (Å²) in [5, 5.41) is -0.159. The molecule has 0 aliphatic carbocycles. The maximum atomic E-state index is 6.71. The Morgan fingerprint density at radius 1 is 1.24 bits per heavy atom. The Hall–Kier alpha value is -0.990. The van der Waals surface area contributed by atoms with Gasteiger partial charge >= 0.3 is 0 Å². The number of benzene rings is 2. The molecule has 0 saturated heterocycles. The van der Waals surface area contributed by atoms with Crippen LogP contribution < -0.4 is 4.74 Å². The largest absolute Gasteiger partial charge is 0.487 e. The van der Waals surface area contributed by atoms with Crippen LogP contribution in [0.4, 0.5) is 0 Å². The molecule has 110 valence electrons. The first-order chi connectivity index (χ1) is 9.87. The Labute approximate surface area is 139 Å². The van der Waals surface area contributed by atoms with E-state index in [4.69, 9.17) is 16.3 Å². The van der Waals surface area contributed by atoms with Gasteiger partial charge in [0.15, 0.2) is 0 Å². The van der Waals surface area contributed by atoms with Crippen molar-refractivity contribution >= 4 is 27.5 Å². The van der Waals surface area contributed by atoms with Crippen LogP contribution in [-0.4, -0.2) is 5.60 Å². The smallest absolute Gasteiger partial charge is 0.123 e. The molecule has 0 radical (unpaired) electrons. The van der Waals surface area contributed by atoms with Crippen molar-refractivity contribution in [2.45, 2.75) is 38.2 Å². The summed E-state index contributed by atoms with van der Waals surface area (Å²) in [6.45, 7) is 6.31. The number of halogens is 2. The Kier molecular flexibility index (Phi) is 3.79. The van der Waals surface area contributed by atoms with Crippen LogP contribution in [0.3, 0.4) is 0 Å². The number of ether oxygens (including phenoxy) is 1. The molecule has 0 N–H and O–H groups in total. The summed E-state index contributed by atoms with van der Waals surface area (Å²) >= 11 is 10.4. The van der Waals surface area contributed by atoms with Crippen LogP contribution in [0.25, 0.3) is 0 Å². The van der Waals surface area contributed by atoms with Crippen LogP contribution in [0.2, 0.25) is 0 Å². The van der Waals surface area contributed by atoms with E-state index in [9.17, 15) is 0 Å². The van der Waals surface area contributed by atoms with Gasteiger partial charge in [-0.1, -0.05) is 46.3 Å². The van der Waals surface area contributed by atoms with Crippen LogP contribution >= 0.6 is 27.5 Å². The van der Waals surface area contributed by atoms with Crippen molar-refractivity contribution in [3.8, 4) is 5.75 Å². The molecule has 1 aliphatic rings. The van der Waals surface area contributed by atoms with Gasteiger partial charge in [-0.05, 0) is 49.1 Å². The summed E-state index contributed by atoms with van der Waals surface area (Å²) in [6.07, 6.45) is 0.925. The summed E-state index contributed by atoms with van der Waals surface area (Å²) in [4.78, 5) is 0. The van der Waals surface area contributed by atoms with Crippen LogP contribution in [-0.2, 0) is 6.42 Å². The van der Waals surface area contributed by atoms with Crippen molar-refractivity contribution in [1.29, 1.82) is 0 Å². The van der Waals surface area contributed by atoms with Gasteiger partial charge < -0.3 is 4.74 Å². The number of aryl methyl sites for hydroxylation is 1. The average Bonchev–Trinajstić information content (AvgIpc) is 2.73. The van der Waals surface area contributed by atoms with Crippen molar-refractivity contribution in [3.05, 3.63) is 63.1 Å². The molecule has 2 aromatic rings. The highest BCUT2D eigenvalue weighted by Gasteiger charge is 2.30. The van der Waals surface area contributed by atoms with Gasteiger partial charge in [-0.3, -0.25) is 0 Å². The number of alkyl halides is 1. The molecule has 0 spiro atoms. The number of rotatable bonds is 2. The standard InChI is InChI=1S/C18H18BrClO/c1-11-5-4-6-14(16(11)19)17(20)12-7-8-15-13(9-12)10-18(2,3)21-15/h4-9,17H,10H2,1-3H3. The third-order valence-corrected chi connectivity index (χ3v) is 5.44. The van der Waals surface area contributed by atoms with Crippen LogP contribution in [0.15, 0.2) is 40.9 Å². The zero-order valence-corrected chi connectivity index (χ0v) is 14.8. The lowest BCUT2D eigenvalue weighted by Crippen LogP contribution is -2.24. The molecule has 0 aromatic heterocycles. The first kappa shape index (κ1) is 14.9. The van der Waals surface area contributed by atoms with E-state index in [1.807, 2.05) is 12.1 Å². The third-order valence-electron chi connectivity index (χ3n) is 3.87. The van der Waals surface area contributed by atoms with Crippen molar-refractivity contribution < 1.29 is 4.74 Å². The first-order valence-electron chi connectivity index (χ1n) is 7.08. The van der Waals surface area contributed by atoms with Crippen molar-refractivity contribution in [1.82, 2.24) is 0 Å². The zero-order chi connectivity index (χ0) is 15.2. The quantitative estimate of drug-likeness (QED) is 0.611. The predicted molar refractivity (Wildman–Crippen MR) is 91.4 cm³/mol. The highest BCUT2D eigenvalue weighted by atomic mass is 79.9. The van der Waals surface area contributed by atoms with E-state index in [-0.39, 0.29) is 11.0 Å². The maximum Gasteiger partial charge on any atom is 0.123 e. The minimum Gasteiger partial charge on any atom is -0.487 e. The molecule has 0 bridgehead atoms. The van der Waals surface area contributed by atoms with Gasteiger partial charge in [0, 0.05) is 10.9 Å². The summed E-state index contributed by atoms with van der Waals surface area (Å²) in [7, 11) is 0. The highest BCUT2D eigenvalue weighted by molar-refractivity contribution is 9.10. The molecule has 3 heteroatoms. The molecule has 0 amide bonds. The fourth-order valence-corrected chi connectivity index (χ4v) is 3.78. The van der Waals surface area contributed by atoms with Gasteiger partial charge in [-0.25, -0.2) is 0 Å². The molecule has 0 fully saturated rings. The van der Waals surface area contributed by atoms with Gasteiger partial charge in [-0.15, -0.1) is 11.6 Å². The molecule has 1 aliphatic heterocycles. The lowest BCUT2D eigenvalue weighted by molar-refractivity contribution is 0.138. The number of hydrogen-bond donors (Lipinski definition) is 0. The van der Waals surface area contributed by atoms with Crippen LogP contribution in [0.1, 0.15) is 41.5 Å². The Morgan fingerprint density at radius 3 is 2.76 bits per heavy atom. The minimum atomic E-state index is -0.159. The topological polar surface area (TPSA) is 9.23 Å². The second-order valence-corrected chi connectivity index (χ2v) is 7.48. The van der Waals surface area contributed by atoms with E-state index in [1.54, 1.807) is 0 Å². The second kappa shape index (κ2) is 5.33. The van der Waals surface area contributed by atoms with Gasteiger partial charge in [0.05, 0.1) is 5.38 Å². The molecule has 21 heavy (non-hydrogen) atoms. The minimum absolute atomic E-state index is 0.118. The fraction of sp³-hybridized carbons (Fsp3) is 0.333. The van der Waals surface area contributed by atoms with Gasteiger partial charge in [-0.2, -0.15) is 0 Å². The summed E-state index contributed by atoms with van der Waals surface area (Å²) in [6, 6.07) is 12.5. The second-order valence-electron chi connectivity index (χ2n) is 6.25. The van der Waals surface area contributed by atoms with Gasteiger partial charge in [0.1, 0.15) is 11.4 Å². The normalized spacial score (nSPS) is 17.2. The van der Waals surface area contributed by atoms with E-state index >= 15 is 0 Å². The van der Waals surface area contributed by atoms with E-state index in [0.717, 1.165) is 27.8 Å². The van der Waals surface area contributed by atoms with E-state index < -0.39 is 0 Å². The molecular formula is C18H18BrClO. The van der Waals surface area contributed by atoms with Crippen LogP contribution in [0, 0.1) is 6.92 Å². The molecule has 1 atom stereocenters. The van der Waals surface area contributed by atoms with E-state index in [2.05, 4.69) is 61.0 Å². The maximum absolute atomic E-state index is 6.71. The molecule has 3 rings (SSSR count). The molecule has 0 saturated carbocycles. The van der Waals surface area contributed by atoms with Crippen molar-refractivity contribution in [2.75, 3.05) is 0 Å². The Balaban J connectivity index is 1.97. The highest BCUT2D eigenvalue weighted by Crippen LogP contribution is 2.40.